The summed E-state index contributed by atoms with van der Waals surface area (Å²) in [5.74, 6) is -0.441. The molecule has 0 radical (unpaired) electrons. The molecule has 0 saturated carbocycles. The molecule has 0 spiro atoms. The summed E-state index contributed by atoms with van der Waals surface area (Å²) < 4.78 is 45.0. The molecule has 3 heterocycles. The fraction of sp³-hybridized carbons (Fsp3) is 0.150. The maximum absolute atomic E-state index is 13.1. The molecule has 0 aliphatic carbocycles. The molecule has 28 heavy (non-hydrogen) atoms. The Morgan fingerprint density at radius 3 is 2.64 bits per heavy atom. The topological polar surface area (TPSA) is 52.3 Å². The first-order chi connectivity index (χ1) is 13.5. The maximum atomic E-state index is 13.1. The molecule has 0 bridgehead atoms. The number of pyridine rings is 1. The molecule has 1 aromatic carbocycles. The van der Waals surface area contributed by atoms with Crippen LogP contribution in [0.4, 0.5) is 13.2 Å². The Balaban J connectivity index is 1.76. The minimum Gasteiger partial charge on any atom is -0.435 e. The number of rotatable bonds is 5. The largest absolute Gasteiger partial charge is 0.435 e. The van der Waals surface area contributed by atoms with E-state index in [-0.39, 0.29) is 5.75 Å². The van der Waals surface area contributed by atoms with Crippen molar-refractivity contribution in [2.45, 2.75) is 20.0 Å². The minimum absolute atomic E-state index is 0.129. The van der Waals surface area contributed by atoms with Crippen LogP contribution in [0.5, 0.6) is 5.75 Å². The molecule has 0 fully saturated rings. The van der Waals surface area contributed by atoms with Crippen LogP contribution < -0.4 is 4.74 Å². The monoisotopic (exact) mass is 384 g/mol. The average molecular weight is 384 g/mol. The van der Waals surface area contributed by atoms with E-state index in [1.54, 1.807) is 36.7 Å². The summed E-state index contributed by atoms with van der Waals surface area (Å²) in [4.78, 5) is 12.5. The Morgan fingerprint density at radius 1 is 1.07 bits per heavy atom. The SMILES string of the molecule is Cc1nc2cnc(-c3ccc(F)nc3)cn2c1Cc1ccccc1OC(F)F. The summed E-state index contributed by atoms with van der Waals surface area (Å²) in [6, 6.07) is 9.51. The van der Waals surface area contributed by atoms with Gasteiger partial charge < -0.3 is 4.74 Å². The molecule has 4 aromatic rings. The zero-order valence-electron chi connectivity index (χ0n) is 14.8. The first-order valence-corrected chi connectivity index (χ1v) is 8.49. The molecule has 3 aromatic heterocycles. The zero-order chi connectivity index (χ0) is 19.7. The van der Waals surface area contributed by atoms with Gasteiger partial charge in [-0.15, -0.1) is 0 Å². The van der Waals surface area contributed by atoms with E-state index in [0.717, 1.165) is 11.4 Å². The quantitative estimate of drug-likeness (QED) is 0.478. The average Bonchev–Trinajstić information content (AvgIpc) is 2.98. The third-order valence-corrected chi connectivity index (χ3v) is 4.38. The van der Waals surface area contributed by atoms with Crippen LogP contribution in [0.15, 0.2) is 55.0 Å². The van der Waals surface area contributed by atoms with Crippen LogP contribution in [0.25, 0.3) is 16.9 Å². The molecule has 0 N–H and O–H groups in total. The van der Waals surface area contributed by atoms with E-state index >= 15 is 0 Å². The first-order valence-electron chi connectivity index (χ1n) is 8.49. The van der Waals surface area contributed by atoms with Gasteiger partial charge in [0.1, 0.15) is 5.75 Å². The van der Waals surface area contributed by atoms with Gasteiger partial charge in [-0.25, -0.2) is 9.97 Å². The summed E-state index contributed by atoms with van der Waals surface area (Å²) in [5.41, 5.74) is 4.06. The molecular weight excluding hydrogens is 369 g/mol. The van der Waals surface area contributed by atoms with Crippen LogP contribution in [0.2, 0.25) is 0 Å². The van der Waals surface area contributed by atoms with Crippen LogP contribution in [0, 0.1) is 12.9 Å². The van der Waals surface area contributed by atoms with E-state index in [1.807, 2.05) is 11.3 Å². The van der Waals surface area contributed by atoms with Crippen molar-refractivity contribution in [3.05, 3.63) is 77.9 Å². The lowest BCUT2D eigenvalue weighted by Gasteiger charge is -2.11. The van der Waals surface area contributed by atoms with Crippen LogP contribution in [0.1, 0.15) is 17.0 Å². The van der Waals surface area contributed by atoms with Crippen molar-refractivity contribution >= 4 is 5.65 Å². The molecule has 0 saturated heterocycles. The van der Waals surface area contributed by atoms with E-state index < -0.39 is 12.6 Å². The Hall–Kier alpha value is -3.42. The number of halogens is 3. The van der Waals surface area contributed by atoms with Gasteiger partial charge in [-0.05, 0) is 25.1 Å². The van der Waals surface area contributed by atoms with Gasteiger partial charge in [0.2, 0.25) is 5.95 Å². The number of ether oxygens (including phenoxy) is 1. The van der Waals surface area contributed by atoms with E-state index in [0.29, 0.717) is 28.9 Å². The number of aromatic nitrogens is 4. The molecule has 0 aliphatic heterocycles. The number of hydrogen-bond donors (Lipinski definition) is 0. The Labute approximate surface area is 158 Å². The molecular formula is C20H15F3N4O. The Kier molecular flexibility index (Phi) is 4.68. The second kappa shape index (κ2) is 7.30. The number of para-hydroxylation sites is 1. The Morgan fingerprint density at radius 2 is 1.89 bits per heavy atom. The molecule has 5 nitrogen and oxygen atoms in total. The number of alkyl halides is 2. The van der Waals surface area contributed by atoms with Crippen molar-refractivity contribution in [2.75, 3.05) is 0 Å². The molecule has 8 heteroatoms. The fourth-order valence-electron chi connectivity index (χ4n) is 3.05. The Bertz CT molecular complexity index is 1130. The molecule has 0 amide bonds. The number of imidazole rings is 1. The third-order valence-electron chi connectivity index (χ3n) is 4.38. The third kappa shape index (κ3) is 3.53. The van der Waals surface area contributed by atoms with Crippen molar-refractivity contribution in [3.8, 4) is 17.0 Å². The summed E-state index contributed by atoms with van der Waals surface area (Å²) in [6.45, 7) is -1.05. The van der Waals surface area contributed by atoms with Crippen LogP contribution in [0.3, 0.4) is 0 Å². The van der Waals surface area contributed by atoms with E-state index in [2.05, 4.69) is 19.7 Å². The number of fused-ring (bicyclic) bond motifs is 1. The van der Waals surface area contributed by atoms with Gasteiger partial charge in [0.05, 0.1) is 23.3 Å². The normalized spacial score (nSPS) is 11.3. The van der Waals surface area contributed by atoms with Crippen molar-refractivity contribution in [2.24, 2.45) is 0 Å². The molecule has 0 atom stereocenters. The minimum atomic E-state index is -2.90. The van der Waals surface area contributed by atoms with Crippen LogP contribution >= 0.6 is 0 Å². The summed E-state index contributed by atoms with van der Waals surface area (Å²) in [7, 11) is 0. The van der Waals surface area contributed by atoms with Crippen molar-refractivity contribution in [3.63, 3.8) is 0 Å². The van der Waals surface area contributed by atoms with Gasteiger partial charge in [0, 0.05) is 29.9 Å². The van der Waals surface area contributed by atoms with Crippen LogP contribution in [-0.4, -0.2) is 26.0 Å². The van der Waals surface area contributed by atoms with Gasteiger partial charge in [-0.3, -0.25) is 9.38 Å². The van der Waals surface area contributed by atoms with Gasteiger partial charge in [0.25, 0.3) is 0 Å². The lowest BCUT2D eigenvalue weighted by molar-refractivity contribution is -0.0503. The van der Waals surface area contributed by atoms with Gasteiger partial charge >= 0.3 is 6.61 Å². The van der Waals surface area contributed by atoms with Crippen molar-refractivity contribution < 1.29 is 17.9 Å². The number of hydrogen-bond acceptors (Lipinski definition) is 4. The first kappa shape index (κ1) is 18.0. The summed E-state index contributed by atoms with van der Waals surface area (Å²) in [5, 5.41) is 0. The second-order valence-corrected chi connectivity index (χ2v) is 6.18. The highest BCUT2D eigenvalue weighted by Gasteiger charge is 2.15. The molecule has 4 rings (SSSR count). The standard InChI is InChI=1S/C20H15F3N4O/c1-12-16(8-13-4-2-3-5-17(13)28-20(22)23)27-11-15(24-10-19(27)26-12)14-6-7-18(21)25-9-14/h2-7,9-11,20H,8H2,1H3. The maximum Gasteiger partial charge on any atom is 0.387 e. The van der Waals surface area contributed by atoms with Crippen molar-refractivity contribution in [1.82, 2.24) is 19.4 Å². The van der Waals surface area contributed by atoms with Gasteiger partial charge in [0.15, 0.2) is 5.65 Å². The highest BCUT2D eigenvalue weighted by atomic mass is 19.3. The van der Waals surface area contributed by atoms with E-state index in [9.17, 15) is 13.2 Å². The van der Waals surface area contributed by atoms with E-state index in [1.165, 1.54) is 18.3 Å². The van der Waals surface area contributed by atoms with Gasteiger partial charge in [-0.2, -0.15) is 13.2 Å². The highest BCUT2D eigenvalue weighted by Crippen LogP contribution is 2.26. The number of benzene rings is 1. The van der Waals surface area contributed by atoms with Crippen molar-refractivity contribution in [1.29, 1.82) is 0 Å². The number of nitrogens with zero attached hydrogens (tertiary/aromatic N) is 4. The predicted molar refractivity (Wildman–Crippen MR) is 96.8 cm³/mol. The zero-order valence-corrected chi connectivity index (χ0v) is 14.8. The smallest absolute Gasteiger partial charge is 0.387 e. The van der Waals surface area contributed by atoms with E-state index in [4.69, 9.17) is 0 Å². The highest BCUT2D eigenvalue weighted by molar-refractivity contribution is 5.59. The van der Waals surface area contributed by atoms with Gasteiger partial charge in [-0.1, -0.05) is 18.2 Å². The molecule has 142 valence electrons. The lowest BCUT2D eigenvalue weighted by atomic mass is 10.1. The summed E-state index contributed by atoms with van der Waals surface area (Å²) in [6.07, 6.45) is 5.13. The predicted octanol–water partition coefficient (Wildman–Crippen LogP) is 4.43. The van der Waals surface area contributed by atoms with Crippen LogP contribution in [-0.2, 0) is 6.42 Å². The lowest BCUT2D eigenvalue weighted by Crippen LogP contribution is -2.06. The molecule has 0 unspecified atom stereocenters. The number of aryl methyl sites for hydroxylation is 1. The summed E-state index contributed by atoms with van der Waals surface area (Å²) >= 11 is 0. The second-order valence-electron chi connectivity index (χ2n) is 6.18. The molecule has 0 aliphatic rings. The fourth-order valence-corrected chi connectivity index (χ4v) is 3.05.